The number of aryl methyl sites for hydroxylation is 1. The van der Waals surface area contributed by atoms with Gasteiger partial charge in [0.05, 0.1) is 55.8 Å². The number of fused-ring (bicyclic) bond motifs is 1. The smallest absolute Gasteiger partial charge is 0.161 e. The lowest BCUT2D eigenvalue weighted by Gasteiger charge is -2.27. The highest BCUT2D eigenvalue weighted by Crippen LogP contribution is 2.31. The van der Waals surface area contributed by atoms with Gasteiger partial charge in [0.1, 0.15) is 24.0 Å². The second kappa shape index (κ2) is 9.99. The van der Waals surface area contributed by atoms with E-state index in [4.69, 9.17) is 19.2 Å². The maximum absolute atomic E-state index is 10.0. The predicted octanol–water partition coefficient (Wildman–Crippen LogP) is 3.25. The quantitative estimate of drug-likeness (QED) is 0.406. The summed E-state index contributed by atoms with van der Waals surface area (Å²) in [4.78, 5) is 15.6. The van der Waals surface area contributed by atoms with Crippen LogP contribution in [0.3, 0.4) is 0 Å². The standard InChI is InChI=1S/C26H26N6O3/c1-31-17-28-14-20(31)16-35-23-6-3-18(12-24(23)33-2)11-19-4-5-22-26(21(19)13-27)30-25(15-29-22)32-7-9-34-10-8-32/h3-6,12,14-15,17H,7-11,16H2,1-2H3. The summed E-state index contributed by atoms with van der Waals surface area (Å²) in [6.45, 7) is 3.23. The van der Waals surface area contributed by atoms with Crippen LogP contribution in [-0.4, -0.2) is 52.9 Å². The molecule has 5 rings (SSSR count). The van der Waals surface area contributed by atoms with Crippen molar-refractivity contribution in [3.8, 4) is 17.6 Å². The number of ether oxygens (including phenoxy) is 3. The van der Waals surface area contributed by atoms with Crippen LogP contribution in [0.15, 0.2) is 49.1 Å². The Balaban J connectivity index is 1.41. The molecule has 35 heavy (non-hydrogen) atoms. The molecule has 178 valence electrons. The van der Waals surface area contributed by atoms with Crippen molar-refractivity contribution in [1.29, 1.82) is 5.26 Å². The third kappa shape index (κ3) is 4.74. The molecule has 0 amide bonds. The van der Waals surface area contributed by atoms with Crippen LogP contribution in [0, 0.1) is 11.3 Å². The molecule has 3 heterocycles. The number of methoxy groups -OCH3 is 1. The van der Waals surface area contributed by atoms with E-state index in [0.717, 1.165) is 35.7 Å². The summed E-state index contributed by atoms with van der Waals surface area (Å²) in [5.74, 6) is 2.06. The van der Waals surface area contributed by atoms with Crippen LogP contribution in [0.25, 0.3) is 11.0 Å². The van der Waals surface area contributed by atoms with E-state index in [1.54, 1.807) is 25.8 Å². The zero-order valence-electron chi connectivity index (χ0n) is 19.8. The van der Waals surface area contributed by atoms with E-state index in [1.165, 1.54) is 0 Å². The van der Waals surface area contributed by atoms with Crippen LogP contribution < -0.4 is 14.4 Å². The summed E-state index contributed by atoms with van der Waals surface area (Å²) < 4.78 is 18.9. The summed E-state index contributed by atoms with van der Waals surface area (Å²) in [5, 5.41) is 10.0. The molecular formula is C26H26N6O3. The summed E-state index contributed by atoms with van der Waals surface area (Å²) >= 11 is 0. The van der Waals surface area contributed by atoms with Crippen LogP contribution in [0.1, 0.15) is 22.4 Å². The fourth-order valence-electron chi connectivity index (χ4n) is 4.16. The van der Waals surface area contributed by atoms with Gasteiger partial charge >= 0.3 is 0 Å². The van der Waals surface area contributed by atoms with Gasteiger partial charge in [-0.3, -0.25) is 4.98 Å². The van der Waals surface area contributed by atoms with Gasteiger partial charge in [0, 0.05) is 20.1 Å². The average Bonchev–Trinajstić information content (AvgIpc) is 3.32. The van der Waals surface area contributed by atoms with Crippen LogP contribution in [0.5, 0.6) is 11.5 Å². The summed E-state index contributed by atoms with van der Waals surface area (Å²) in [5.41, 5.74) is 4.72. The SMILES string of the molecule is COc1cc(Cc2ccc3ncc(N4CCOCC4)nc3c2C#N)ccc1OCc1cncn1C. The van der Waals surface area contributed by atoms with Crippen LogP contribution in [0.4, 0.5) is 5.82 Å². The van der Waals surface area contributed by atoms with Crippen molar-refractivity contribution in [1.82, 2.24) is 19.5 Å². The molecule has 1 fully saturated rings. The lowest BCUT2D eigenvalue weighted by Crippen LogP contribution is -2.36. The van der Waals surface area contributed by atoms with Gasteiger partial charge in [-0.05, 0) is 35.7 Å². The minimum absolute atomic E-state index is 0.388. The highest BCUT2D eigenvalue weighted by atomic mass is 16.5. The molecule has 0 spiro atoms. The molecule has 2 aromatic heterocycles. The number of imidazole rings is 1. The number of anilines is 1. The van der Waals surface area contributed by atoms with Gasteiger partial charge in [-0.15, -0.1) is 0 Å². The highest BCUT2D eigenvalue weighted by molar-refractivity contribution is 5.83. The number of hydrogen-bond acceptors (Lipinski definition) is 8. The van der Waals surface area contributed by atoms with Gasteiger partial charge in [0.25, 0.3) is 0 Å². The fraction of sp³-hybridized carbons (Fsp3) is 0.308. The molecule has 0 unspecified atom stereocenters. The first-order valence-electron chi connectivity index (χ1n) is 11.4. The van der Waals surface area contributed by atoms with Crippen LogP contribution in [0.2, 0.25) is 0 Å². The van der Waals surface area contributed by atoms with Crippen molar-refractivity contribution in [2.24, 2.45) is 7.05 Å². The number of benzene rings is 2. The minimum atomic E-state index is 0.388. The number of nitrogens with zero attached hydrogens (tertiary/aromatic N) is 6. The first kappa shape index (κ1) is 22.6. The Morgan fingerprint density at radius 2 is 1.97 bits per heavy atom. The number of aromatic nitrogens is 4. The molecule has 2 aromatic carbocycles. The molecule has 1 saturated heterocycles. The topological polar surface area (TPSA) is 98.3 Å². The van der Waals surface area contributed by atoms with E-state index >= 15 is 0 Å². The van der Waals surface area contributed by atoms with E-state index in [-0.39, 0.29) is 0 Å². The second-order valence-electron chi connectivity index (χ2n) is 8.35. The molecule has 1 aliphatic heterocycles. The van der Waals surface area contributed by atoms with Gasteiger partial charge in [0.15, 0.2) is 11.5 Å². The Hall–Kier alpha value is -4.16. The van der Waals surface area contributed by atoms with E-state index < -0.39 is 0 Å². The first-order chi connectivity index (χ1) is 17.2. The van der Waals surface area contributed by atoms with Crippen molar-refractivity contribution in [3.05, 3.63) is 71.4 Å². The molecule has 9 nitrogen and oxygen atoms in total. The highest BCUT2D eigenvalue weighted by Gasteiger charge is 2.17. The van der Waals surface area contributed by atoms with Gasteiger partial charge in [-0.25, -0.2) is 9.97 Å². The van der Waals surface area contributed by atoms with Crippen molar-refractivity contribution >= 4 is 16.9 Å². The number of morpholine rings is 1. The van der Waals surface area contributed by atoms with Crippen molar-refractivity contribution in [3.63, 3.8) is 0 Å². The Bertz CT molecular complexity index is 1390. The normalized spacial score (nSPS) is 13.6. The first-order valence-corrected chi connectivity index (χ1v) is 11.4. The van der Waals surface area contributed by atoms with E-state index in [2.05, 4.69) is 20.9 Å². The molecule has 0 aliphatic carbocycles. The Kier molecular flexibility index (Phi) is 6.46. The zero-order chi connectivity index (χ0) is 24.2. The number of nitriles is 1. The lowest BCUT2D eigenvalue weighted by molar-refractivity contribution is 0.122. The van der Waals surface area contributed by atoms with E-state index in [1.807, 2.05) is 41.9 Å². The van der Waals surface area contributed by atoms with Crippen molar-refractivity contribution in [2.45, 2.75) is 13.0 Å². The summed E-state index contributed by atoms with van der Waals surface area (Å²) in [7, 11) is 3.55. The predicted molar refractivity (Wildman–Crippen MR) is 131 cm³/mol. The van der Waals surface area contributed by atoms with Gasteiger partial charge < -0.3 is 23.7 Å². The fourth-order valence-corrected chi connectivity index (χ4v) is 4.16. The van der Waals surface area contributed by atoms with Crippen molar-refractivity contribution in [2.75, 3.05) is 38.3 Å². The Morgan fingerprint density at radius 3 is 2.71 bits per heavy atom. The third-order valence-electron chi connectivity index (χ3n) is 6.15. The molecule has 0 saturated carbocycles. The number of hydrogen-bond donors (Lipinski definition) is 0. The molecule has 0 atom stereocenters. The molecule has 4 aromatic rings. The third-order valence-corrected chi connectivity index (χ3v) is 6.15. The lowest BCUT2D eigenvalue weighted by atomic mass is 9.98. The average molecular weight is 471 g/mol. The minimum Gasteiger partial charge on any atom is -0.493 e. The summed E-state index contributed by atoms with van der Waals surface area (Å²) in [6, 6.07) is 12.1. The zero-order valence-corrected chi connectivity index (χ0v) is 19.8. The molecular weight excluding hydrogens is 444 g/mol. The Labute approximate surface area is 203 Å². The number of rotatable bonds is 7. The second-order valence-corrected chi connectivity index (χ2v) is 8.35. The molecule has 0 N–H and O–H groups in total. The van der Waals surface area contributed by atoms with Crippen LogP contribution in [-0.2, 0) is 24.8 Å². The molecule has 0 bridgehead atoms. The van der Waals surface area contributed by atoms with Gasteiger partial charge in [-0.2, -0.15) is 5.26 Å². The summed E-state index contributed by atoms with van der Waals surface area (Å²) in [6.07, 6.45) is 5.84. The Morgan fingerprint density at radius 1 is 1.11 bits per heavy atom. The van der Waals surface area contributed by atoms with Crippen molar-refractivity contribution < 1.29 is 14.2 Å². The van der Waals surface area contributed by atoms with Gasteiger partial charge in [0.2, 0.25) is 0 Å². The van der Waals surface area contributed by atoms with E-state index in [0.29, 0.717) is 54.3 Å². The van der Waals surface area contributed by atoms with E-state index in [9.17, 15) is 5.26 Å². The van der Waals surface area contributed by atoms with Gasteiger partial charge in [-0.1, -0.05) is 12.1 Å². The monoisotopic (exact) mass is 470 g/mol. The maximum atomic E-state index is 10.0. The largest absolute Gasteiger partial charge is 0.493 e. The van der Waals surface area contributed by atoms with Crippen LogP contribution >= 0.6 is 0 Å². The maximum Gasteiger partial charge on any atom is 0.161 e. The molecule has 0 radical (unpaired) electrons. The molecule has 1 aliphatic rings. The molecule has 9 heteroatoms.